The van der Waals surface area contributed by atoms with Gasteiger partial charge < -0.3 is 9.47 Å². The highest BCUT2D eigenvalue weighted by atomic mass is 19.1. The van der Waals surface area contributed by atoms with Crippen molar-refractivity contribution in [1.29, 1.82) is 0 Å². The lowest BCUT2D eigenvalue weighted by Crippen LogP contribution is -2.41. The summed E-state index contributed by atoms with van der Waals surface area (Å²) in [5, 5.41) is 0. The topological polar surface area (TPSA) is 68.2 Å². The zero-order valence-corrected chi connectivity index (χ0v) is 22.9. The van der Waals surface area contributed by atoms with E-state index < -0.39 is 22.9 Å². The normalized spacial score (nSPS) is 15.1. The lowest BCUT2D eigenvalue weighted by atomic mass is 9.93. The number of aliphatic imine (C=N–C) groups is 1. The monoisotopic (exact) mass is 510 g/mol. The van der Waals surface area contributed by atoms with Crippen LogP contribution in [0, 0.1) is 5.82 Å². The van der Waals surface area contributed by atoms with Crippen molar-refractivity contribution in [3.8, 4) is 16.9 Å². The molecule has 200 valence electrons. The molecule has 0 bridgehead atoms. The van der Waals surface area contributed by atoms with Crippen LogP contribution in [0.15, 0.2) is 47.5 Å². The number of carbonyl (C=O) groups excluding carboxylic acids is 2. The van der Waals surface area contributed by atoms with Gasteiger partial charge in [0.05, 0.1) is 13.2 Å². The minimum atomic E-state index is -1.21. The molecule has 1 amide bonds. The number of amides is 1. The van der Waals surface area contributed by atoms with Gasteiger partial charge in [-0.3, -0.25) is 14.7 Å². The third kappa shape index (κ3) is 6.20. The fourth-order valence-corrected chi connectivity index (χ4v) is 4.53. The van der Waals surface area contributed by atoms with Crippen molar-refractivity contribution in [2.45, 2.75) is 91.3 Å². The van der Waals surface area contributed by atoms with Crippen molar-refractivity contribution in [3.63, 3.8) is 0 Å². The second-order valence-electron chi connectivity index (χ2n) is 9.93. The summed E-state index contributed by atoms with van der Waals surface area (Å²) in [7, 11) is 0. The predicted octanol–water partition coefficient (Wildman–Crippen LogP) is 6.70. The molecule has 3 rings (SSSR count). The molecule has 0 saturated heterocycles. The van der Waals surface area contributed by atoms with Crippen molar-refractivity contribution in [2.24, 2.45) is 4.99 Å². The minimum Gasteiger partial charge on any atom is -0.476 e. The lowest BCUT2D eigenvalue weighted by Gasteiger charge is -2.24. The van der Waals surface area contributed by atoms with Crippen LogP contribution in [0.1, 0.15) is 79.2 Å². The van der Waals surface area contributed by atoms with Gasteiger partial charge in [0, 0.05) is 12.0 Å². The van der Waals surface area contributed by atoms with Crippen LogP contribution in [0.25, 0.3) is 11.1 Å². The summed E-state index contributed by atoms with van der Waals surface area (Å²) in [5.74, 6) is 0.410. The van der Waals surface area contributed by atoms with Crippen LogP contribution >= 0.6 is 0 Å². The molecule has 1 heterocycles. The van der Waals surface area contributed by atoms with Gasteiger partial charge in [-0.2, -0.15) is 0 Å². The Morgan fingerprint density at radius 1 is 1.05 bits per heavy atom. The molecule has 6 nitrogen and oxygen atoms in total. The molecular formula is C30H39FN2O4. The highest BCUT2D eigenvalue weighted by Gasteiger charge is 2.45. The molecule has 37 heavy (non-hydrogen) atoms. The number of nitrogens with zero attached hydrogens (tertiary/aromatic N) is 2. The van der Waals surface area contributed by atoms with Gasteiger partial charge >= 0.3 is 5.97 Å². The van der Waals surface area contributed by atoms with Crippen LogP contribution < -0.4 is 4.74 Å². The van der Waals surface area contributed by atoms with Crippen molar-refractivity contribution >= 4 is 17.7 Å². The first-order valence-corrected chi connectivity index (χ1v) is 13.3. The Labute approximate surface area is 219 Å². The van der Waals surface area contributed by atoms with Crippen LogP contribution in [0.4, 0.5) is 4.39 Å². The number of hydrogen-bond donors (Lipinski definition) is 0. The van der Waals surface area contributed by atoms with Crippen LogP contribution in [0.3, 0.4) is 0 Å². The highest BCUT2D eigenvalue weighted by Crippen LogP contribution is 2.33. The Morgan fingerprint density at radius 2 is 1.73 bits per heavy atom. The Kier molecular flexibility index (Phi) is 9.11. The van der Waals surface area contributed by atoms with Crippen LogP contribution in [-0.4, -0.2) is 40.4 Å². The molecular weight excluding hydrogens is 471 g/mol. The van der Waals surface area contributed by atoms with Gasteiger partial charge in [0.25, 0.3) is 5.91 Å². The summed E-state index contributed by atoms with van der Waals surface area (Å²) >= 11 is 0. The number of carbonyl (C=O) groups is 2. The summed E-state index contributed by atoms with van der Waals surface area (Å²) in [5.41, 5.74) is 0.108. The van der Waals surface area contributed by atoms with E-state index in [1.807, 2.05) is 43.0 Å². The fraction of sp³-hybridized carbons (Fsp3) is 0.500. The highest BCUT2D eigenvalue weighted by molar-refractivity contribution is 6.08. The third-order valence-electron chi connectivity index (χ3n) is 6.91. The van der Waals surface area contributed by atoms with E-state index in [4.69, 9.17) is 14.5 Å². The molecule has 0 saturated carbocycles. The molecule has 1 aliphatic rings. The lowest BCUT2D eigenvalue weighted by molar-refractivity contribution is -0.158. The number of esters is 1. The number of ether oxygens (including phenoxy) is 2. The Morgan fingerprint density at radius 3 is 2.32 bits per heavy atom. The zero-order chi connectivity index (χ0) is 27.2. The molecule has 0 aromatic heterocycles. The number of unbranched alkanes of at least 4 members (excludes halogenated alkanes) is 1. The SMILES string of the molecule is CCCCC1=NC(CC)(CC)C(=O)N1Cc1ccc(-c2cc(OC(C)(C)C(=O)OCC)ccc2F)cc1. The van der Waals surface area contributed by atoms with E-state index in [2.05, 4.69) is 6.92 Å². The Balaban J connectivity index is 1.81. The quantitative estimate of drug-likeness (QED) is 0.298. The van der Waals surface area contributed by atoms with E-state index in [0.29, 0.717) is 36.3 Å². The first-order chi connectivity index (χ1) is 17.6. The largest absolute Gasteiger partial charge is 0.476 e. The summed E-state index contributed by atoms with van der Waals surface area (Å²) in [4.78, 5) is 32.3. The molecule has 1 aliphatic heterocycles. The smallest absolute Gasteiger partial charge is 0.349 e. The molecule has 2 aromatic rings. The van der Waals surface area contributed by atoms with Crippen LogP contribution in [-0.2, 0) is 20.9 Å². The second-order valence-corrected chi connectivity index (χ2v) is 9.93. The second kappa shape index (κ2) is 11.9. The molecule has 0 atom stereocenters. The van der Waals surface area contributed by atoms with Gasteiger partial charge in [-0.1, -0.05) is 51.5 Å². The minimum absolute atomic E-state index is 0.0628. The average Bonchev–Trinajstić information content (AvgIpc) is 3.15. The molecule has 7 heteroatoms. The van der Waals surface area contributed by atoms with E-state index in [-0.39, 0.29) is 12.5 Å². The number of benzene rings is 2. The maximum absolute atomic E-state index is 14.8. The molecule has 2 aromatic carbocycles. The van der Waals surface area contributed by atoms with Crippen molar-refractivity contribution in [3.05, 3.63) is 53.8 Å². The molecule has 0 N–H and O–H groups in total. The number of hydrogen-bond acceptors (Lipinski definition) is 5. The molecule has 0 fully saturated rings. The number of halogens is 1. The van der Waals surface area contributed by atoms with E-state index >= 15 is 0 Å². The first-order valence-electron chi connectivity index (χ1n) is 13.3. The Hall–Kier alpha value is -3.22. The summed E-state index contributed by atoms with van der Waals surface area (Å²) in [6.45, 7) is 11.8. The van der Waals surface area contributed by atoms with Crippen molar-refractivity contribution < 1.29 is 23.5 Å². The molecule has 0 radical (unpaired) electrons. The van der Waals surface area contributed by atoms with Crippen LogP contribution in [0.2, 0.25) is 0 Å². The van der Waals surface area contributed by atoms with E-state index in [1.165, 1.54) is 12.1 Å². The van der Waals surface area contributed by atoms with Crippen LogP contribution in [0.5, 0.6) is 5.75 Å². The van der Waals surface area contributed by atoms with Gasteiger partial charge in [-0.25, -0.2) is 9.18 Å². The van der Waals surface area contributed by atoms with E-state index in [9.17, 15) is 14.0 Å². The van der Waals surface area contributed by atoms with Gasteiger partial charge in [0.1, 0.15) is 22.9 Å². The fourth-order valence-electron chi connectivity index (χ4n) is 4.53. The molecule has 0 unspecified atom stereocenters. The predicted molar refractivity (Wildman–Crippen MR) is 144 cm³/mol. The van der Waals surface area contributed by atoms with Gasteiger partial charge in [-0.05, 0) is 69.4 Å². The maximum atomic E-state index is 14.8. The summed E-state index contributed by atoms with van der Waals surface area (Å²) in [6.07, 6.45) is 4.15. The maximum Gasteiger partial charge on any atom is 0.349 e. The van der Waals surface area contributed by atoms with E-state index in [0.717, 1.165) is 30.7 Å². The standard InChI is InChI=1S/C30H39FN2O4/c1-7-11-12-26-32-30(8-2,9-3)27(34)33(26)20-21-13-15-22(16-14-21)24-19-23(17-18-25(24)31)37-29(5,6)28(35)36-10-4/h13-19H,7-12,20H2,1-6H3. The summed E-state index contributed by atoms with van der Waals surface area (Å²) in [6, 6.07) is 11.9. The van der Waals surface area contributed by atoms with Gasteiger partial charge in [-0.15, -0.1) is 0 Å². The van der Waals surface area contributed by atoms with Gasteiger partial charge in [0.2, 0.25) is 0 Å². The molecule has 0 spiro atoms. The summed E-state index contributed by atoms with van der Waals surface area (Å²) < 4.78 is 25.7. The number of amidine groups is 1. The zero-order valence-electron chi connectivity index (χ0n) is 22.9. The molecule has 0 aliphatic carbocycles. The average molecular weight is 511 g/mol. The van der Waals surface area contributed by atoms with Crippen molar-refractivity contribution in [2.75, 3.05) is 6.61 Å². The van der Waals surface area contributed by atoms with Gasteiger partial charge in [0.15, 0.2) is 5.60 Å². The Bertz CT molecular complexity index is 1140. The van der Waals surface area contributed by atoms with E-state index in [1.54, 1.807) is 26.8 Å². The van der Waals surface area contributed by atoms with Crippen molar-refractivity contribution in [1.82, 2.24) is 4.90 Å². The number of rotatable bonds is 12. The first kappa shape index (κ1) is 28.4. The third-order valence-corrected chi connectivity index (χ3v) is 6.91.